The quantitative estimate of drug-likeness (QED) is 0.710. The van der Waals surface area contributed by atoms with Crippen molar-refractivity contribution in [2.75, 3.05) is 17.3 Å². The molecule has 0 N–H and O–H groups in total. The normalized spacial score (nSPS) is 13.3. The van der Waals surface area contributed by atoms with Gasteiger partial charge in [0.2, 0.25) is 5.16 Å². The van der Waals surface area contributed by atoms with Crippen LogP contribution in [-0.4, -0.2) is 33.1 Å². The third kappa shape index (κ3) is 3.30. The van der Waals surface area contributed by atoms with Gasteiger partial charge >= 0.3 is 0 Å². The fourth-order valence-corrected chi connectivity index (χ4v) is 3.70. The summed E-state index contributed by atoms with van der Waals surface area (Å²) in [5, 5.41) is 10.9. The van der Waals surface area contributed by atoms with Crippen molar-refractivity contribution in [2.45, 2.75) is 18.7 Å². The summed E-state index contributed by atoms with van der Waals surface area (Å²) in [6, 6.07) is 17.1. The van der Waals surface area contributed by atoms with Gasteiger partial charge in [-0.25, -0.2) is 9.69 Å². The molecule has 0 saturated heterocycles. The predicted octanol–water partition coefficient (Wildman–Crippen LogP) is 3.05. The molecule has 0 spiro atoms. The van der Waals surface area contributed by atoms with Crippen molar-refractivity contribution in [2.24, 2.45) is 0 Å². The van der Waals surface area contributed by atoms with Crippen LogP contribution >= 0.6 is 11.8 Å². The highest BCUT2D eigenvalue weighted by Crippen LogP contribution is 2.24. The van der Waals surface area contributed by atoms with Gasteiger partial charge in [-0.2, -0.15) is 0 Å². The Kier molecular flexibility index (Phi) is 4.62. The van der Waals surface area contributed by atoms with Gasteiger partial charge in [0.05, 0.1) is 6.54 Å². The molecule has 1 aliphatic rings. The zero-order chi connectivity index (χ0) is 17.9. The number of hydrogen-bond acceptors (Lipinski definition) is 5. The lowest BCUT2D eigenvalue weighted by Gasteiger charge is -2.29. The van der Waals surface area contributed by atoms with Gasteiger partial charge in [-0.15, -0.1) is 10.2 Å². The highest BCUT2D eigenvalue weighted by atomic mass is 32.2. The summed E-state index contributed by atoms with van der Waals surface area (Å²) in [4.78, 5) is 13.0. The van der Waals surface area contributed by atoms with E-state index in [0.29, 0.717) is 23.1 Å². The lowest BCUT2D eigenvalue weighted by Crippen LogP contribution is -2.45. The number of fused-ring (bicyclic) bond motifs is 1. The van der Waals surface area contributed by atoms with Crippen molar-refractivity contribution in [3.05, 3.63) is 71.5 Å². The van der Waals surface area contributed by atoms with Crippen LogP contribution in [-0.2, 0) is 6.61 Å². The third-order valence-corrected chi connectivity index (χ3v) is 4.96. The fraction of sp³-hybridized carbons (Fsp3) is 0.211. The molecule has 0 bridgehead atoms. The minimum Gasteiger partial charge on any atom is -0.486 e. The van der Waals surface area contributed by atoms with E-state index in [9.17, 15) is 4.79 Å². The summed E-state index contributed by atoms with van der Waals surface area (Å²) in [6.07, 6.45) is 0. The molecule has 0 atom stereocenters. The number of para-hydroxylation sites is 1. The minimum absolute atomic E-state index is 0.0592. The summed E-state index contributed by atoms with van der Waals surface area (Å²) in [6.45, 7) is 2.82. The highest BCUT2D eigenvalue weighted by molar-refractivity contribution is 7.99. The first-order valence-corrected chi connectivity index (χ1v) is 9.35. The molecule has 0 saturated carbocycles. The van der Waals surface area contributed by atoms with Gasteiger partial charge in [-0.1, -0.05) is 47.7 Å². The molecule has 6 nitrogen and oxygen atoms in total. The lowest BCUT2D eigenvalue weighted by molar-refractivity contribution is 0.0952. The zero-order valence-electron chi connectivity index (χ0n) is 14.3. The lowest BCUT2D eigenvalue weighted by atomic mass is 10.1. The van der Waals surface area contributed by atoms with E-state index in [-0.39, 0.29) is 12.5 Å². The van der Waals surface area contributed by atoms with E-state index in [1.165, 1.54) is 0 Å². The van der Waals surface area contributed by atoms with Crippen LogP contribution in [0.3, 0.4) is 0 Å². The number of benzene rings is 2. The summed E-state index contributed by atoms with van der Waals surface area (Å²) in [7, 11) is 0. The Labute approximate surface area is 155 Å². The Bertz CT molecular complexity index is 926. The molecule has 26 heavy (non-hydrogen) atoms. The number of hydrogen-bond donors (Lipinski definition) is 0. The Morgan fingerprint density at radius 3 is 2.81 bits per heavy atom. The molecule has 132 valence electrons. The molecule has 2 heterocycles. The molecule has 4 rings (SSSR count). The molecular formula is C19H18N4O2S. The number of carbonyl (C=O) groups excluding carboxylic acids is 1. The van der Waals surface area contributed by atoms with Crippen LogP contribution in [0.25, 0.3) is 0 Å². The average molecular weight is 366 g/mol. The first-order chi connectivity index (χ1) is 12.7. The molecule has 3 aromatic rings. The molecule has 2 aromatic carbocycles. The van der Waals surface area contributed by atoms with E-state index in [2.05, 4.69) is 10.2 Å². The summed E-state index contributed by atoms with van der Waals surface area (Å²) in [5.74, 6) is 2.09. The molecular weight excluding hydrogens is 348 g/mol. The van der Waals surface area contributed by atoms with Crippen LogP contribution in [0.5, 0.6) is 5.75 Å². The van der Waals surface area contributed by atoms with Gasteiger partial charge in [-0.05, 0) is 31.2 Å². The van der Waals surface area contributed by atoms with Gasteiger partial charge in [-0.3, -0.25) is 4.79 Å². The van der Waals surface area contributed by atoms with E-state index in [1.807, 2.05) is 61.5 Å². The summed E-state index contributed by atoms with van der Waals surface area (Å²) in [5.41, 5.74) is 1.71. The number of carbonyl (C=O) groups is 1. The predicted molar refractivity (Wildman–Crippen MR) is 100 cm³/mol. The van der Waals surface area contributed by atoms with Gasteiger partial charge in [0.15, 0.2) is 5.82 Å². The monoisotopic (exact) mass is 366 g/mol. The summed E-state index contributed by atoms with van der Waals surface area (Å²) < 4.78 is 7.58. The Morgan fingerprint density at radius 1 is 1.15 bits per heavy atom. The number of rotatable bonds is 4. The number of thioether (sulfide) groups is 1. The van der Waals surface area contributed by atoms with Crippen LogP contribution in [0.15, 0.2) is 59.8 Å². The topological polar surface area (TPSA) is 60.3 Å². The Hall–Kier alpha value is -2.80. The fourth-order valence-electron chi connectivity index (χ4n) is 2.83. The second kappa shape index (κ2) is 7.21. The SMILES string of the molecule is Cc1cccc(C(=O)N2CCSc3nnc(COc4ccccc4)n32)c1. The molecule has 0 fully saturated rings. The Balaban J connectivity index is 1.61. The maximum absolute atomic E-state index is 13.0. The smallest absolute Gasteiger partial charge is 0.272 e. The van der Waals surface area contributed by atoms with Gasteiger partial charge in [0, 0.05) is 11.3 Å². The maximum Gasteiger partial charge on any atom is 0.272 e. The second-order valence-corrected chi connectivity index (χ2v) is 7.02. The van der Waals surface area contributed by atoms with E-state index < -0.39 is 0 Å². The summed E-state index contributed by atoms with van der Waals surface area (Å²) >= 11 is 1.59. The zero-order valence-corrected chi connectivity index (χ0v) is 15.1. The van der Waals surface area contributed by atoms with Gasteiger partial charge in [0.1, 0.15) is 12.4 Å². The van der Waals surface area contributed by atoms with Crippen LogP contribution < -0.4 is 9.75 Å². The van der Waals surface area contributed by atoms with Crippen molar-refractivity contribution in [1.82, 2.24) is 14.9 Å². The van der Waals surface area contributed by atoms with Crippen LogP contribution in [0.4, 0.5) is 0 Å². The molecule has 1 aromatic heterocycles. The number of aromatic nitrogens is 3. The van der Waals surface area contributed by atoms with Crippen molar-refractivity contribution >= 4 is 17.7 Å². The highest BCUT2D eigenvalue weighted by Gasteiger charge is 2.28. The Morgan fingerprint density at radius 2 is 2.00 bits per heavy atom. The molecule has 1 amide bonds. The van der Waals surface area contributed by atoms with Crippen molar-refractivity contribution < 1.29 is 9.53 Å². The maximum atomic E-state index is 13.0. The third-order valence-electron chi connectivity index (χ3n) is 4.06. The van der Waals surface area contributed by atoms with E-state index in [0.717, 1.165) is 17.1 Å². The molecule has 0 aliphatic carbocycles. The second-order valence-electron chi connectivity index (χ2n) is 5.96. The van der Waals surface area contributed by atoms with E-state index in [4.69, 9.17) is 4.74 Å². The number of aryl methyl sites for hydroxylation is 1. The molecule has 1 aliphatic heterocycles. The molecule has 0 unspecified atom stereocenters. The van der Waals surface area contributed by atoms with Crippen LogP contribution in [0.2, 0.25) is 0 Å². The molecule has 0 radical (unpaired) electrons. The van der Waals surface area contributed by atoms with Crippen molar-refractivity contribution in [1.29, 1.82) is 0 Å². The van der Waals surface area contributed by atoms with E-state index in [1.54, 1.807) is 21.4 Å². The largest absolute Gasteiger partial charge is 0.486 e. The van der Waals surface area contributed by atoms with E-state index >= 15 is 0 Å². The standard InChI is InChI=1S/C19H18N4O2S/c1-14-6-5-7-15(12-14)18(24)22-10-11-26-19-21-20-17(23(19)22)13-25-16-8-3-2-4-9-16/h2-9,12H,10-11,13H2,1H3. The van der Waals surface area contributed by atoms with Crippen LogP contribution in [0, 0.1) is 6.92 Å². The van der Waals surface area contributed by atoms with Crippen molar-refractivity contribution in [3.8, 4) is 5.75 Å². The van der Waals surface area contributed by atoms with Crippen molar-refractivity contribution in [3.63, 3.8) is 0 Å². The average Bonchev–Trinajstić information content (AvgIpc) is 3.10. The van der Waals surface area contributed by atoms with Gasteiger partial charge in [0.25, 0.3) is 5.91 Å². The first-order valence-electron chi connectivity index (χ1n) is 8.36. The first kappa shape index (κ1) is 16.7. The molecule has 7 heteroatoms. The van der Waals surface area contributed by atoms with Crippen LogP contribution in [0.1, 0.15) is 21.7 Å². The number of ether oxygens (including phenoxy) is 1. The minimum atomic E-state index is -0.0592. The number of nitrogens with zero attached hydrogens (tertiary/aromatic N) is 4. The van der Waals surface area contributed by atoms with Gasteiger partial charge < -0.3 is 4.74 Å². The number of amides is 1.